The van der Waals surface area contributed by atoms with Crippen LogP contribution in [0.3, 0.4) is 0 Å². The molecule has 1 aromatic heterocycles. The van der Waals surface area contributed by atoms with E-state index in [2.05, 4.69) is 0 Å². The average Bonchev–Trinajstić information content (AvgIpc) is 3.30. The van der Waals surface area contributed by atoms with Gasteiger partial charge in [0, 0.05) is 17.3 Å². The Balaban J connectivity index is 1.86. The van der Waals surface area contributed by atoms with E-state index in [-0.39, 0.29) is 9.80 Å². The predicted octanol–water partition coefficient (Wildman–Crippen LogP) is 6.28. The van der Waals surface area contributed by atoms with Crippen molar-refractivity contribution < 1.29 is 13.2 Å². The molecule has 4 rings (SSSR count). The largest absolute Gasteiger partial charge is 0.494 e. The fraction of sp³-hybridized carbons (Fsp3) is 0.172. The summed E-state index contributed by atoms with van der Waals surface area (Å²) in [4.78, 5) is -0.271. The fourth-order valence-corrected chi connectivity index (χ4v) is 4.93. The molecule has 0 aliphatic rings. The zero-order valence-electron chi connectivity index (χ0n) is 20.5. The molecule has 0 N–H and O–H groups in total. The number of rotatable bonds is 8. The third kappa shape index (κ3) is 5.24. The van der Waals surface area contributed by atoms with E-state index in [1.54, 1.807) is 23.0 Å². The van der Waals surface area contributed by atoms with Crippen LogP contribution in [0.1, 0.15) is 30.0 Å². The van der Waals surface area contributed by atoms with E-state index in [4.69, 9.17) is 9.84 Å². The van der Waals surface area contributed by atoms with E-state index >= 15 is 0 Å². The maximum absolute atomic E-state index is 13.3. The van der Waals surface area contributed by atoms with Gasteiger partial charge in [0.15, 0.2) is 0 Å². The van der Waals surface area contributed by atoms with Crippen LogP contribution in [0.4, 0.5) is 0 Å². The Labute approximate surface area is 212 Å². The van der Waals surface area contributed by atoms with Gasteiger partial charge in [-0.05, 0) is 74.4 Å². The summed E-state index contributed by atoms with van der Waals surface area (Å²) in [5, 5.41) is 14.6. The predicted molar refractivity (Wildman–Crippen MR) is 141 cm³/mol. The summed E-state index contributed by atoms with van der Waals surface area (Å²) < 4.78 is 34.0. The molecular weight excluding hydrogens is 470 g/mol. The molecular formula is C29H27N3O3S. The molecule has 0 bridgehead atoms. The lowest BCUT2D eigenvalue weighted by Gasteiger charge is -2.09. The number of ether oxygens (including phenoxy) is 1. The Morgan fingerprint density at radius 1 is 1.06 bits per heavy atom. The number of allylic oxidation sites excluding steroid dienone is 1. The minimum atomic E-state index is -4.00. The van der Waals surface area contributed by atoms with E-state index in [9.17, 15) is 13.7 Å². The first-order valence-electron chi connectivity index (χ1n) is 11.7. The quantitative estimate of drug-likeness (QED) is 0.267. The van der Waals surface area contributed by atoms with Crippen LogP contribution in [0.2, 0.25) is 0 Å². The number of aryl methyl sites for hydroxylation is 2. The minimum Gasteiger partial charge on any atom is -0.494 e. The van der Waals surface area contributed by atoms with Crippen LogP contribution in [0.15, 0.2) is 88.8 Å². The zero-order chi connectivity index (χ0) is 25.7. The van der Waals surface area contributed by atoms with Gasteiger partial charge in [-0.15, -0.1) is 0 Å². The molecule has 0 aliphatic heterocycles. The first-order valence-corrected chi connectivity index (χ1v) is 13.1. The summed E-state index contributed by atoms with van der Waals surface area (Å²) in [6.45, 7) is 6.51. The minimum absolute atomic E-state index is 0.0755. The van der Waals surface area contributed by atoms with Gasteiger partial charge in [0.2, 0.25) is 9.84 Å². The van der Waals surface area contributed by atoms with E-state index in [0.29, 0.717) is 17.9 Å². The summed E-state index contributed by atoms with van der Waals surface area (Å²) in [5.41, 5.74) is 4.60. The maximum Gasteiger partial charge on any atom is 0.216 e. The topological polar surface area (TPSA) is 85.0 Å². The maximum atomic E-state index is 13.3. The van der Waals surface area contributed by atoms with Crippen molar-refractivity contribution >= 4 is 15.9 Å². The Bertz CT molecular complexity index is 1550. The van der Waals surface area contributed by atoms with Gasteiger partial charge >= 0.3 is 0 Å². The van der Waals surface area contributed by atoms with Crippen LogP contribution >= 0.6 is 0 Å². The number of para-hydroxylation sites is 1. The number of sulfone groups is 1. The molecule has 0 fully saturated rings. The van der Waals surface area contributed by atoms with Crippen molar-refractivity contribution in [1.29, 1.82) is 5.26 Å². The second-order valence-electron chi connectivity index (χ2n) is 8.48. The van der Waals surface area contributed by atoms with E-state index in [1.807, 2.05) is 75.4 Å². The van der Waals surface area contributed by atoms with E-state index in [0.717, 1.165) is 34.5 Å². The molecule has 6 nitrogen and oxygen atoms in total. The van der Waals surface area contributed by atoms with E-state index in [1.165, 1.54) is 18.2 Å². The average molecular weight is 498 g/mol. The molecule has 0 radical (unpaired) electrons. The summed E-state index contributed by atoms with van der Waals surface area (Å²) in [7, 11) is -4.00. The molecule has 7 heteroatoms. The van der Waals surface area contributed by atoms with Gasteiger partial charge in [0.1, 0.15) is 22.4 Å². The molecule has 36 heavy (non-hydrogen) atoms. The molecule has 0 saturated carbocycles. The molecule has 0 amide bonds. The summed E-state index contributed by atoms with van der Waals surface area (Å²) in [6.07, 6.45) is 4.05. The van der Waals surface area contributed by atoms with Crippen LogP contribution in [-0.4, -0.2) is 24.8 Å². The summed E-state index contributed by atoms with van der Waals surface area (Å²) in [6, 6.07) is 23.6. The van der Waals surface area contributed by atoms with E-state index < -0.39 is 9.84 Å². The molecule has 0 aliphatic carbocycles. The van der Waals surface area contributed by atoms with Crippen molar-refractivity contribution in [3.8, 4) is 28.8 Å². The van der Waals surface area contributed by atoms with Gasteiger partial charge in [-0.25, -0.2) is 13.1 Å². The smallest absolute Gasteiger partial charge is 0.216 e. The zero-order valence-corrected chi connectivity index (χ0v) is 21.3. The van der Waals surface area contributed by atoms with Gasteiger partial charge in [-0.3, -0.25) is 0 Å². The first kappa shape index (κ1) is 25.0. The highest BCUT2D eigenvalue weighted by atomic mass is 32.2. The number of hydrogen-bond acceptors (Lipinski definition) is 5. The third-order valence-corrected chi connectivity index (χ3v) is 7.39. The molecule has 0 spiro atoms. The highest BCUT2D eigenvalue weighted by Gasteiger charge is 2.23. The van der Waals surface area contributed by atoms with Crippen molar-refractivity contribution in [3.63, 3.8) is 0 Å². The monoisotopic (exact) mass is 497 g/mol. The van der Waals surface area contributed by atoms with Gasteiger partial charge in [0.05, 0.1) is 17.2 Å². The molecule has 1 heterocycles. The number of aromatic nitrogens is 2. The molecule has 0 saturated heterocycles. The molecule has 182 valence electrons. The molecule has 0 atom stereocenters. The van der Waals surface area contributed by atoms with Crippen molar-refractivity contribution in [3.05, 3.63) is 101 Å². The van der Waals surface area contributed by atoms with Gasteiger partial charge < -0.3 is 4.74 Å². The Morgan fingerprint density at radius 2 is 1.78 bits per heavy atom. The van der Waals surface area contributed by atoms with Crippen LogP contribution < -0.4 is 4.74 Å². The number of benzene rings is 3. The molecule has 3 aromatic carbocycles. The number of nitriles is 1. The highest BCUT2D eigenvalue weighted by molar-refractivity contribution is 7.95. The highest BCUT2D eigenvalue weighted by Crippen LogP contribution is 2.32. The van der Waals surface area contributed by atoms with Crippen molar-refractivity contribution in [2.24, 2.45) is 0 Å². The Morgan fingerprint density at radius 3 is 2.42 bits per heavy atom. The lowest BCUT2D eigenvalue weighted by molar-refractivity contribution is 0.317. The van der Waals surface area contributed by atoms with Gasteiger partial charge in [0.25, 0.3) is 0 Å². The third-order valence-electron chi connectivity index (χ3n) is 5.71. The fourth-order valence-electron chi connectivity index (χ4n) is 3.78. The van der Waals surface area contributed by atoms with Crippen molar-refractivity contribution in [1.82, 2.24) is 9.78 Å². The van der Waals surface area contributed by atoms with Crippen molar-refractivity contribution in [2.45, 2.75) is 32.1 Å². The van der Waals surface area contributed by atoms with Crippen LogP contribution in [0.25, 0.3) is 23.0 Å². The number of nitrogens with zero attached hydrogens (tertiary/aromatic N) is 3. The lowest BCUT2D eigenvalue weighted by atomic mass is 10.0. The molecule has 4 aromatic rings. The SMILES string of the molecule is CCCOc1ccc(-c2nn(-c3ccccc3)cc2/C=C(\C#N)S(=O)(=O)c2ccc(C)cc2)c(C)c1. The van der Waals surface area contributed by atoms with Crippen LogP contribution in [-0.2, 0) is 9.84 Å². The lowest BCUT2D eigenvalue weighted by Crippen LogP contribution is -2.03. The van der Waals surface area contributed by atoms with Crippen LogP contribution in [0, 0.1) is 25.2 Å². The Kier molecular flexibility index (Phi) is 7.37. The second-order valence-corrected chi connectivity index (χ2v) is 10.4. The molecule has 0 unspecified atom stereocenters. The van der Waals surface area contributed by atoms with Gasteiger partial charge in [-0.2, -0.15) is 10.4 Å². The Hall–Kier alpha value is -4.15. The summed E-state index contributed by atoms with van der Waals surface area (Å²) in [5.74, 6) is 0.761. The van der Waals surface area contributed by atoms with Gasteiger partial charge in [-0.1, -0.05) is 42.8 Å². The standard InChI is InChI=1S/C29H27N3O3S/c1-4-16-35-25-12-15-28(22(3)17-25)29-23(20-32(31-29)24-8-6-5-7-9-24)18-27(19-30)36(33,34)26-13-10-21(2)11-14-26/h5-15,17-18,20H,4,16H2,1-3H3/b27-18+. The second kappa shape index (κ2) is 10.6. The van der Waals surface area contributed by atoms with Crippen molar-refractivity contribution in [2.75, 3.05) is 6.61 Å². The summed E-state index contributed by atoms with van der Waals surface area (Å²) >= 11 is 0. The number of hydrogen-bond donors (Lipinski definition) is 0. The normalized spacial score (nSPS) is 11.8. The van der Waals surface area contributed by atoms with Crippen LogP contribution in [0.5, 0.6) is 5.75 Å². The first-order chi connectivity index (χ1) is 17.3.